The van der Waals surface area contributed by atoms with Crippen molar-refractivity contribution in [3.05, 3.63) is 156 Å². The molecule has 1 atom stereocenters. The predicted molar refractivity (Wildman–Crippen MR) is 199 cm³/mol. The topological polar surface area (TPSA) is 66.4 Å². The molecule has 0 aromatic heterocycles. The molecular weight excluding hydrogens is 629 g/mol. The summed E-state index contributed by atoms with van der Waals surface area (Å²) in [5.41, 5.74) is 1.80. The van der Waals surface area contributed by atoms with Crippen LogP contribution in [-0.2, 0) is 19.5 Å². The molecule has 0 bridgehead atoms. The van der Waals surface area contributed by atoms with Crippen LogP contribution >= 0.6 is 0 Å². The molecule has 0 spiro atoms. The van der Waals surface area contributed by atoms with Crippen molar-refractivity contribution in [2.24, 2.45) is 0 Å². The van der Waals surface area contributed by atoms with Gasteiger partial charge in [-0.05, 0) is 56.4 Å². The summed E-state index contributed by atoms with van der Waals surface area (Å²) < 4.78 is 31.9. The van der Waals surface area contributed by atoms with E-state index in [0.717, 1.165) is 28.2 Å². The first-order chi connectivity index (χ1) is 23.8. The number of rotatable bonds is 16. The van der Waals surface area contributed by atoms with Crippen molar-refractivity contribution in [1.29, 1.82) is 0 Å². The van der Waals surface area contributed by atoms with Crippen LogP contribution < -0.4 is 19.8 Å². The molecule has 256 valence electrons. The highest BCUT2D eigenvalue weighted by Gasteiger charge is 2.50. The predicted octanol–water partition coefficient (Wildman–Crippen LogP) is 6.97. The zero-order chi connectivity index (χ0) is 34.7. The van der Waals surface area contributed by atoms with Crippen LogP contribution in [0.15, 0.2) is 140 Å². The Hall–Kier alpha value is -4.24. The van der Waals surface area contributed by atoms with Gasteiger partial charge in [0, 0.05) is 0 Å². The quantitative estimate of drug-likeness (QED) is 0.0901. The molecule has 5 rings (SSSR count). The van der Waals surface area contributed by atoms with Crippen LogP contribution in [0.3, 0.4) is 0 Å². The van der Waals surface area contributed by atoms with E-state index in [1.807, 2.05) is 78.9 Å². The molecule has 0 saturated carbocycles. The monoisotopic (exact) mass is 676 g/mol. The van der Waals surface area contributed by atoms with Gasteiger partial charge in [-0.1, -0.05) is 136 Å². The van der Waals surface area contributed by atoms with Crippen LogP contribution in [0.1, 0.15) is 37.5 Å². The number of benzene rings is 5. The lowest BCUT2D eigenvalue weighted by Gasteiger charge is -2.44. The average molecular weight is 677 g/mol. The van der Waals surface area contributed by atoms with Gasteiger partial charge in [-0.25, -0.2) is 0 Å². The van der Waals surface area contributed by atoms with E-state index in [4.69, 9.17) is 23.4 Å². The maximum absolute atomic E-state index is 9.87. The summed E-state index contributed by atoms with van der Waals surface area (Å²) in [5, 5.41) is 12.0. The van der Waals surface area contributed by atoms with Crippen LogP contribution in [0.25, 0.3) is 0 Å². The largest absolute Gasteiger partial charge is 0.497 e. The minimum Gasteiger partial charge on any atom is -0.497 e. The van der Waals surface area contributed by atoms with Crippen LogP contribution in [0, 0.1) is 0 Å². The molecule has 1 N–H and O–H groups in total. The average Bonchev–Trinajstić information content (AvgIpc) is 3.15. The maximum Gasteiger partial charge on any atom is 0.261 e. The minimum absolute atomic E-state index is 0.115. The molecule has 6 nitrogen and oxygen atoms in total. The third-order valence-corrected chi connectivity index (χ3v) is 14.0. The molecule has 0 saturated heterocycles. The van der Waals surface area contributed by atoms with Gasteiger partial charge in [0.1, 0.15) is 23.2 Å². The van der Waals surface area contributed by atoms with Gasteiger partial charge < -0.3 is 28.5 Å². The summed E-state index contributed by atoms with van der Waals surface area (Å²) in [7, 11) is 0.457. The van der Waals surface area contributed by atoms with Crippen molar-refractivity contribution in [2.45, 2.75) is 37.5 Å². The molecule has 5 aromatic rings. The third kappa shape index (κ3) is 7.82. The second-order valence-corrected chi connectivity index (χ2v) is 17.3. The van der Waals surface area contributed by atoms with Gasteiger partial charge in [0.25, 0.3) is 8.32 Å². The van der Waals surface area contributed by atoms with Gasteiger partial charge in [0.2, 0.25) is 0 Å². The second kappa shape index (κ2) is 16.4. The normalized spacial score (nSPS) is 12.8. The van der Waals surface area contributed by atoms with Gasteiger partial charge in [-0.3, -0.25) is 0 Å². The number of aliphatic hydroxyl groups excluding tert-OH is 1. The molecule has 5 aromatic carbocycles. The molecule has 49 heavy (non-hydrogen) atoms. The van der Waals surface area contributed by atoms with Crippen LogP contribution in [0.2, 0.25) is 5.04 Å². The zero-order valence-electron chi connectivity index (χ0n) is 29.2. The molecular formula is C42H48O6Si. The SMILES string of the molecule is COc1ccc(C(OC[C@H](CO[Si](c2ccccc2)(c2ccccc2)C(C)(C)C)OCCO)(c2ccccc2)c2ccc(OC)cc2)cc1. The summed E-state index contributed by atoms with van der Waals surface area (Å²) in [6.07, 6.45) is -0.492. The van der Waals surface area contributed by atoms with E-state index in [-0.39, 0.29) is 31.5 Å². The van der Waals surface area contributed by atoms with E-state index in [2.05, 4.69) is 81.4 Å². The van der Waals surface area contributed by atoms with Crippen molar-refractivity contribution < 1.29 is 28.5 Å². The fraction of sp³-hybridized carbons (Fsp3) is 0.286. The van der Waals surface area contributed by atoms with E-state index in [0.29, 0.717) is 0 Å². The zero-order valence-corrected chi connectivity index (χ0v) is 30.2. The lowest BCUT2D eigenvalue weighted by molar-refractivity contribution is -0.0835. The number of hydrogen-bond donors (Lipinski definition) is 1. The summed E-state index contributed by atoms with van der Waals surface area (Å²) in [4.78, 5) is 0. The highest BCUT2D eigenvalue weighted by molar-refractivity contribution is 6.99. The first-order valence-electron chi connectivity index (χ1n) is 16.7. The molecule has 0 unspecified atom stereocenters. The number of hydrogen-bond acceptors (Lipinski definition) is 6. The van der Waals surface area contributed by atoms with Crippen LogP contribution in [0.5, 0.6) is 11.5 Å². The highest BCUT2D eigenvalue weighted by atomic mass is 28.4. The molecule has 0 radical (unpaired) electrons. The molecule has 0 aliphatic heterocycles. The van der Waals surface area contributed by atoms with E-state index in [1.165, 1.54) is 10.4 Å². The van der Waals surface area contributed by atoms with Crippen molar-refractivity contribution in [3.8, 4) is 11.5 Å². The van der Waals surface area contributed by atoms with Gasteiger partial charge >= 0.3 is 0 Å². The van der Waals surface area contributed by atoms with Gasteiger partial charge in [0.05, 0.1) is 40.6 Å². The standard InChI is InChI=1S/C42H48O6Si/c1-41(2,3)49(39-17-11-7-12-18-39,40-19-13-8-14-20-40)48-32-38(46-30-29-43)31-47-42(33-15-9-6-10-16-33,34-21-25-36(44-4)26-22-34)35-23-27-37(45-5)28-24-35/h6-28,38,43H,29-32H2,1-5H3/t38-/m1/s1. The number of ether oxygens (including phenoxy) is 4. The van der Waals surface area contributed by atoms with Gasteiger partial charge in [0.15, 0.2) is 0 Å². The fourth-order valence-electron chi connectivity index (χ4n) is 6.64. The summed E-state index contributed by atoms with van der Waals surface area (Å²) in [5.74, 6) is 1.51. The van der Waals surface area contributed by atoms with Gasteiger partial charge in [-0.2, -0.15) is 0 Å². The van der Waals surface area contributed by atoms with Crippen molar-refractivity contribution in [1.82, 2.24) is 0 Å². The van der Waals surface area contributed by atoms with Crippen molar-refractivity contribution >= 4 is 18.7 Å². The van der Waals surface area contributed by atoms with Crippen LogP contribution in [-0.4, -0.2) is 60.2 Å². The Labute approximate surface area is 292 Å². The van der Waals surface area contributed by atoms with Gasteiger partial charge in [-0.15, -0.1) is 0 Å². The van der Waals surface area contributed by atoms with Crippen LogP contribution in [0.4, 0.5) is 0 Å². The fourth-order valence-corrected chi connectivity index (χ4v) is 11.2. The first-order valence-corrected chi connectivity index (χ1v) is 18.7. The molecule has 0 aliphatic carbocycles. The summed E-state index contributed by atoms with van der Waals surface area (Å²) >= 11 is 0. The second-order valence-electron chi connectivity index (χ2n) is 13.0. The van der Waals surface area contributed by atoms with E-state index in [9.17, 15) is 5.11 Å². The molecule has 0 amide bonds. The van der Waals surface area contributed by atoms with E-state index >= 15 is 0 Å². The smallest absolute Gasteiger partial charge is 0.261 e. The summed E-state index contributed by atoms with van der Waals surface area (Å²) in [6.45, 7) is 7.26. The Bertz CT molecular complexity index is 1600. The van der Waals surface area contributed by atoms with E-state index in [1.54, 1.807) is 14.2 Å². The van der Waals surface area contributed by atoms with E-state index < -0.39 is 20.0 Å². The lowest BCUT2D eigenvalue weighted by atomic mass is 9.80. The summed E-state index contributed by atoms with van der Waals surface area (Å²) in [6, 6.07) is 47.3. The molecule has 0 heterocycles. The number of methoxy groups -OCH3 is 2. The highest BCUT2D eigenvalue weighted by Crippen LogP contribution is 2.42. The maximum atomic E-state index is 9.87. The Morgan fingerprint density at radius 3 is 1.41 bits per heavy atom. The third-order valence-electron chi connectivity index (χ3n) is 9.01. The number of aliphatic hydroxyl groups is 1. The molecule has 0 aliphatic rings. The Kier molecular flexibility index (Phi) is 12.1. The lowest BCUT2D eigenvalue weighted by Crippen LogP contribution is -2.67. The van der Waals surface area contributed by atoms with Crippen molar-refractivity contribution in [3.63, 3.8) is 0 Å². The minimum atomic E-state index is -2.86. The Morgan fingerprint density at radius 1 is 0.571 bits per heavy atom. The Morgan fingerprint density at radius 2 is 1.00 bits per heavy atom. The molecule has 7 heteroatoms. The van der Waals surface area contributed by atoms with Crippen molar-refractivity contribution in [2.75, 3.05) is 40.6 Å². The molecule has 0 fully saturated rings. The first kappa shape index (κ1) is 36.0. The Balaban J connectivity index is 1.58.